The highest BCUT2D eigenvalue weighted by molar-refractivity contribution is 7.11. The van der Waals surface area contributed by atoms with Gasteiger partial charge in [-0.15, -0.1) is 11.3 Å². The number of guanidine groups is 1. The van der Waals surface area contributed by atoms with Crippen molar-refractivity contribution in [2.45, 2.75) is 26.3 Å². The minimum absolute atomic E-state index is 0.241. The second-order valence-electron chi connectivity index (χ2n) is 7.31. The summed E-state index contributed by atoms with van der Waals surface area (Å²) in [4.78, 5) is 12.7. The van der Waals surface area contributed by atoms with Crippen LogP contribution in [0.3, 0.4) is 0 Å². The van der Waals surface area contributed by atoms with Gasteiger partial charge in [-0.05, 0) is 31.5 Å². The van der Waals surface area contributed by atoms with Crippen molar-refractivity contribution in [3.8, 4) is 5.75 Å². The van der Waals surface area contributed by atoms with E-state index in [1.165, 1.54) is 10.4 Å². The van der Waals surface area contributed by atoms with Crippen LogP contribution in [-0.4, -0.2) is 69.4 Å². The first-order valence-corrected chi connectivity index (χ1v) is 11.3. The van der Waals surface area contributed by atoms with Gasteiger partial charge in [-0.2, -0.15) is 0 Å². The second kappa shape index (κ2) is 11.3. The molecule has 1 atom stereocenters. The predicted molar refractivity (Wildman–Crippen MR) is 123 cm³/mol. The minimum atomic E-state index is 0.241. The summed E-state index contributed by atoms with van der Waals surface area (Å²) >= 11 is 1.77. The molecule has 2 heterocycles. The van der Waals surface area contributed by atoms with E-state index < -0.39 is 0 Å². The maximum atomic E-state index is 5.55. The summed E-state index contributed by atoms with van der Waals surface area (Å²) in [5.74, 6) is 1.69. The Balaban J connectivity index is 1.58. The number of morpholine rings is 1. The summed E-state index contributed by atoms with van der Waals surface area (Å²) in [5.41, 5.74) is 2.39. The van der Waals surface area contributed by atoms with Crippen molar-refractivity contribution < 1.29 is 9.47 Å². The molecule has 0 saturated carbocycles. The monoisotopic (exact) mass is 431 g/mol. The van der Waals surface area contributed by atoms with Gasteiger partial charge in [0.05, 0.1) is 37.1 Å². The molecule has 8 heteroatoms. The van der Waals surface area contributed by atoms with Gasteiger partial charge in [0.1, 0.15) is 5.75 Å². The number of nitrogens with one attached hydrogen (secondary N) is 2. The van der Waals surface area contributed by atoms with Crippen molar-refractivity contribution in [2.75, 3.05) is 53.6 Å². The van der Waals surface area contributed by atoms with Crippen molar-refractivity contribution in [1.29, 1.82) is 0 Å². The van der Waals surface area contributed by atoms with Crippen LogP contribution >= 0.6 is 11.3 Å². The van der Waals surface area contributed by atoms with Crippen LogP contribution in [0.2, 0.25) is 0 Å². The molecule has 0 radical (unpaired) electrons. The van der Waals surface area contributed by atoms with Gasteiger partial charge in [-0.25, -0.2) is 4.98 Å². The van der Waals surface area contributed by atoms with Gasteiger partial charge in [0, 0.05) is 44.5 Å². The highest BCUT2D eigenvalue weighted by Gasteiger charge is 2.23. The summed E-state index contributed by atoms with van der Waals surface area (Å²) in [6.45, 7) is 9.12. The van der Waals surface area contributed by atoms with Gasteiger partial charge < -0.3 is 20.1 Å². The Morgan fingerprint density at radius 2 is 1.97 bits per heavy atom. The molecule has 30 heavy (non-hydrogen) atoms. The molecule has 1 unspecified atom stereocenters. The number of rotatable bonds is 8. The molecule has 3 rings (SSSR count). The Bertz CT molecular complexity index is 815. The number of ether oxygens (including phenoxy) is 2. The zero-order valence-electron chi connectivity index (χ0n) is 18.4. The SMILES string of the molecule is CN=C(NCCc1sc(C)nc1C)NCC(c1ccc(OC)cc1)N1CCOCC1. The topological polar surface area (TPSA) is 71.0 Å². The molecule has 0 aliphatic carbocycles. The zero-order valence-corrected chi connectivity index (χ0v) is 19.2. The van der Waals surface area contributed by atoms with Crippen molar-refractivity contribution in [2.24, 2.45) is 4.99 Å². The molecule has 0 amide bonds. The van der Waals surface area contributed by atoms with Crippen molar-refractivity contribution in [1.82, 2.24) is 20.5 Å². The summed E-state index contributed by atoms with van der Waals surface area (Å²) in [5, 5.41) is 8.07. The van der Waals surface area contributed by atoms with E-state index >= 15 is 0 Å². The maximum Gasteiger partial charge on any atom is 0.191 e. The molecule has 0 bridgehead atoms. The number of aliphatic imine (C=N–C) groups is 1. The molecule has 0 spiro atoms. The second-order valence-corrected chi connectivity index (χ2v) is 8.60. The molecule has 164 valence electrons. The lowest BCUT2D eigenvalue weighted by Gasteiger charge is -2.35. The summed E-state index contributed by atoms with van der Waals surface area (Å²) in [6.07, 6.45) is 0.948. The van der Waals surface area contributed by atoms with Crippen LogP contribution in [0.4, 0.5) is 0 Å². The third-order valence-corrected chi connectivity index (χ3v) is 6.45. The number of nitrogens with zero attached hydrogens (tertiary/aromatic N) is 3. The molecule has 1 fully saturated rings. The Morgan fingerprint density at radius 1 is 1.23 bits per heavy atom. The molecule has 1 saturated heterocycles. The average Bonchev–Trinajstić information content (AvgIpc) is 3.10. The fourth-order valence-electron chi connectivity index (χ4n) is 3.69. The smallest absolute Gasteiger partial charge is 0.191 e. The fourth-order valence-corrected chi connectivity index (χ4v) is 4.62. The summed E-state index contributed by atoms with van der Waals surface area (Å²) < 4.78 is 10.9. The van der Waals surface area contributed by atoms with E-state index in [0.717, 1.165) is 68.2 Å². The normalized spacial score (nSPS) is 16.3. The van der Waals surface area contributed by atoms with Crippen molar-refractivity contribution >= 4 is 17.3 Å². The lowest BCUT2D eigenvalue weighted by atomic mass is 10.0. The van der Waals surface area contributed by atoms with Gasteiger partial charge in [-0.1, -0.05) is 12.1 Å². The van der Waals surface area contributed by atoms with Gasteiger partial charge in [0.2, 0.25) is 0 Å². The summed E-state index contributed by atoms with van der Waals surface area (Å²) in [6, 6.07) is 8.58. The quantitative estimate of drug-likeness (QED) is 0.494. The molecule has 1 aliphatic rings. The molecule has 7 nitrogen and oxygen atoms in total. The Labute approximate surface area is 183 Å². The van der Waals surface area contributed by atoms with E-state index in [2.05, 4.69) is 51.5 Å². The zero-order chi connectivity index (χ0) is 21.3. The number of aryl methyl sites for hydroxylation is 2. The third-order valence-electron chi connectivity index (χ3n) is 5.32. The lowest BCUT2D eigenvalue weighted by Crippen LogP contribution is -2.46. The first-order chi connectivity index (χ1) is 14.6. The average molecular weight is 432 g/mol. The van der Waals surface area contributed by atoms with Gasteiger partial charge in [-0.3, -0.25) is 9.89 Å². The van der Waals surface area contributed by atoms with Gasteiger partial charge >= 0.3 is 0 Å². The maximum absolute atomic E-state index is 5.55. The van der Waals surface area contributed by atoms with Crippen molar-refractivity contribution in [3.05, 3.63) is 45.4 Å². The largest absolute Gasteiger partial charge is 0.497 e. The Morgan fingerprint density at radius 3 is 2.57 bits per heavy atom. The van der Waals surface area contributed by atoms with Crippen LogP contribution in [0.1, 0.15) is 27.2 Å². The molecule has 1 aliphatic heterocycles. The summed E-state index contributed by atoms with van der Waals surface area (Å²) in [7, 11) is 3.51. The number of methoxy groups -OCH3 is 1. The molecular formula is C22H33N5O2S. The number of hydrogen-bond donors (Lipinski definition) is 2. The van der Waals surface area contributed by atoms with Crippen LogP contribution in [-0.2, 0) is 11.2 Å². The van der Waals surface area contributed by atoms with Crippen LogP contribution in [0.25, 0.3) is 0 Å². The number of thiazole rings is 1. The highest BCUT2D eigenvalue weighted by atomic mass is 32.1. The van der Waals surface area contributed by atoms with E-state index in [-0.39, 0.29) is 6.04 Å². The van der Waals surface area contributed by atoms with Crippen molar-refractivity contribution in [3.63, 3.8) is 0 Å². The third kappa shape index (κ3) is 6.17. The van der Waals surface area contributed by atoms with Crippen LogP contribution < -0.4 is 15.4 Å². The number of hydrogen-bond acceptors (Lipinski definition) is 6. The van der Waals surface area contributed by atoms with E-state index in [4.69, 9.17) is 9.47 Å². The first-order valence-electron chi connectivity index (χ1n) is 10.4. The molecule has 2 N–H and O–H groups in total. The van der Waals surface area contributed by atoms with E-state index in [9.17, 15) is 0 Å². The van der Waals surface area contributed by atoms with Crippen LogP contribution in [0.15, 0.2) is 29.3 Å². The molecule has 2 aromatic rings. The first kappa shape index (κ1) is 22.5. The minimum Gasteiger partial charge on any atom is -0.497 e. The van der Waals surface area contributed by atoms with Gasteiger partial charge in [0.25, 0.3) is 0 Å². The standard InChI is InChI=1S/C22H33N5O2S/c1-16-21(30-17(2)26-16)9-10-24-22(23-3)25-15-20(27-11-13-29-14-12-27)18-5-7-19(28-4)8-6-18/h5-8,20H,9-15H2,1-4H3,(H2,23,24,25). The highest BCUT2D eigenvalue weighted by Crippen LogP contribution is 2.23. The van der Waals surface area contributed by atoms with E-state index in [0.29, 0.717) is 0 Å². The van der Waals surface area contributed by atoms with Gasteiger partial charge in [0.15, 0.2) is 5.96 Å². The molecule has 1 aromatic carbocycles. The Kier molecular flexibility index (Phi) is 8.48. The number of aromatic nitrogens is 1. The fraction of sp³-hybridized carbons (Fsp3) is 0.545. The predicted octanol–water partition coefficient (Wildman–Crippen LogP) is 2.55. The lowest BCUT2D eigenvalue weighted by molar-refractivity contribution is 0.0170. The van der Waals surface area contributed by atoms with Crippen LogP contribution in [0, 0.1) is 13.8 Å². The molecular weight excluding hydrogens is 398 g/mol. The van der Waals surface area contributed by atoms with Crippen LogP contribution in [0.5, 0.6) is 5.75 Å². The Hall–Kier alpha value is -2.16. The number of benzene rings is 1. The molecule has 1 aromatic heterocycles. The van der Waals surface area contributed by atoms with E-state index in [1.54, 1.807) is 18.4 Å². The van der Waals surface area contributed by atoms with E-state index in [1.807, 2.05) is 19.2 Å².